The number of carbonyl (C=O) groups is 2. The molecule has 25 heavy (non-hydrogen) atoms. The Balaban J connectivity index is 1.49. The molecule has 0 radical (unpaired) electrons. The molecule has 0 spiro atoms. The molecule has 2 saturated heterocycles. The summed E-state index contributed by atoms with van der Waals surface area (Å²) in [6.07, 6.45) is 4.33. The Morgan fingerprint density at radius 2 is 2.12 bits per heavy atom. The fraction of sp³-hybridized carbons (Fsp3) is 0.471. The van der Waals surface area contributed by atoms with Gasteiger partial charge in [0.05, 0.1) is 11.2 Å². The van der Waals surface area contributed by atoms with Gasteiger partial charge >= 0.3 is 0 Å². The van der Waals surface area contributed by atoms with Gasteiger partial charge in [-0.3, -0.25) is 14.5 Å². The molecule has 2 amide bonds. The Bertz CT molecular complexity index is 679. The van der Waals surface area contributed by atoms with E-state index in [4.69, 9.17) is 16.6 Å². The van der Waals surface area contributed by atoms with Crippen LogP contribution in [-0.4, -0.2) is 70.6 Å². The minimum absolute atomic E-state index is 0.113. The zero-order valence-electron chi connectivity index (χ0n) is 14.1. The zero-order chi connectivity index (χ0) is 17.8. The number of piperazine rings is 1. The first kappa shape index (κ1) is 18.2. The summed E-state index contributed by atoms with van der Waals surface area (Å²) in [6.45, 7) is 3.86. The second-order valence-corrected chi connectivity index (χ2v) is 7.81. The van der Waals surface area contributed by atoms with Crippen molar-refractivity contribution in [3.63, 3.8) is 0 Å². The van der Waals surface area contributed by atoms with Crippen LogP contribution in [0.15, 0.2) is 27.7 Å². The molecule has 0 unspecified atom stereocenters. The predicted molar refractivity (Wildman–Crippen MR) is 102 cm³/mol. The van der Waals surface area contributed by atoms with Crippen molar-refractivity contribution in [2.24, 2.45) is 0 Å². The molecule has 6 nitrogen and oxygen atoms in total. The van der Waals surface area contributed by atoms with Crippen molar-refractivity contribution in [1.82, 2.24) is 14.7 Å². The second kappa shape index (κ2) is 8.16. The number of amides is 2. The van der Waals surface area contributed by atoms with E-state index in [2.05, 4.69) is 11.9 Å². The third-order valence-electron chi connectivity index (χ3n) is 4.32. The van der Waals surface area contributed by atoms with E-state index in [9.17, 15) is 9.59 Å². The smallest absolute Gasteiger partial charge is 0.266 e. The minimum Gasteiger partial charge on any atom is -0.465 e. The van der Waals surface area contributed by atoms with Crippen LogP contribution in [0.5, 0.6) is 0 Å². The van der Waals surface area contributed by atoms with Crippen LogP contribution >= 0.6 is 24.0 Å². The molecule has 134 valence electrons. The van der Waals surface area contributed by atoms with Crippen LogP contribution in [0.4, 0.5) is 0 Å². The number of carbonyl (C=O) groups excluding carboxylic acids is 2. The summed E-state index contributed by atoms with van der Waals surface area (Å²) >= 11 is 6.58. The van der Waals surface area contributed by atoms with Gasteiger partial charge in [-0.2, -0.15) is 0 Å². The molecule has 3 heterocycles. The number of thioether (sulfide) groups is 1. The van der Waals surface area contributed by atoms with Gasteiger partial charge in [-0.1, -0.05) is 24.0 Å². The number of hydrogen-bond donors (Lipinski definition) is 0. The molecule has 2 fully saturated rings. The monoisotopic (exact) mass is 379 g/mol. The Hall–Kier alpha value is -1.64. The highest BCUT2D eigenvalue weighted by Gasteiger charge is 2.32. The van der Waals surface area contributed by atoms with E-state index in [1.807, 2.05) is 4.90 Å². The molecule has 0 atom stereocenters. The third kappa shape index (κ3) is 4.50. The molecule has 0 aliphatic carbocycles. The average molecular weight is 380 g/mol. The van der Waals surface area contributed by atoms with E-state index in [1.54, 1.807) is 29.4 Å². The second-order valence-electron chi connectivity index (χ2n) is 6.14. The van der Waals surface area contributed by atoms with Crippen LogP contribution in [0, 0.1) is 0 Å². The van der Waals surface area contributed by atoms with Crippen LogP contribution in [0.25, 0.3) is 6.08 Å². The zero-order valence-corrected chi connectivity index (χ0v) is 15.8. The summed E-state index contributed by atoms with van der Waals surface area (Å²) in [5.41, 5.74) is 0. The molecular weight excluding hydrogens is 358 g/mol. The summed E-state index contributed by atoms with van der Waals surface area (Å²) in [7, 11) is 2.06. The highest BCUT2D eigenvalue weighted by atomic mass is 32.2. The van der Waals surface area contributed by atoms with Gasteiger partial charge in [-0.05, 0) is 25.6 Å². The predicted octanol–water partition coefficient (Wildman–Crippen LogP) is 2.03. The number of nitrogens with zero attached hydrogens (tertiary/aromatic N) is 3. The van der Waals surface area contributed by atoms with Crippen LogP contribution in [0.1, 0.15) is 18.6 Å². The lowest BCUT2D eigenvalue weighted by Crippen LogP contribution is -2.47. The molecule has 2 aliphatic rings. The highest BCUT2D eigenvalue weighted by Crippen LogP contribution is 2.32. The Labute approximate surface area is 156 Å². The number of rotatable bonds is 5. The summed E-state index contributed by atoms with van der Waals surface area (Å²) < 4.78 is 5.78. The normalized spacial score (nSPS) is 20.8. The van der Waals surface area contributed by atoms with Crippen molar-refractivity contribution >= 4 is 46.2 Å². The van der Waals surface area contributed by atoms with E-state index >= 15 is 0 Å². The fourth-order valence-corrected chi connectivity index (χ4v) is 4.09. The van der Waals surface area contributed by atoms with Crippen molar-refractivity contribution in [3.05, 3.63) is 29.1 Å². The standard InChI is InChI=1S/C17H21N3O3S2/c1-18-7-9-19(10-8-18)15(21)5-2-6-20-16(22)14(25-17(20)24)12-13-4-3-11-23-13/h3-4,11-12H,2,5-10H2,1H3. The quantitative estimate of drug-likeness (QED) is 0.576. The summed E-state index contributed by atoms with van der Waals surface area (Å²) in [5.74, 6) is 0.675. The molecule has 1 aromatic rings. The lowest BCUT2D eigenvalue weighted by molar-refractivity contribution is -0.133. The molecule has 0 saturated carbocycles. The molecule has 8 heteroatoms. The first-order chi connectivity index (χ1) is 12.0. The summed E-state index contributed by atoms with van der Waals surface area (Å²) in [5, 5.41) is 0. The fourth-order valence-electron chi connectivity index (χ4n) is 2.80. The van der Waals surface area contributed by atoms with Crippen molar-refractivity contribution in [1.29, 1.82) is 0 Å². The van der Waals surface area contributed by atoms with Crippen LogP contribution in [0.2, 0.25) is 0 Å². The summed E-state index contributed by atoms with van der Waals surface area (Å²) in [6, 6.07) is 3.57. The topological polar surface area (TPSA) is 57.0 Å². The van der Waals surface area contributed by atoms with Crippen molar-refractivity contribution in [3.8, 4) is 0 Å². The van der Waals surface area contributed by atoms with Crippen LogP contribution < -0.4 is 0 Å². The Morgan fingerprint density at radius 1 is 1.36 bits per heavy atom. The van der Waals surface area contributed by atoms with Gasteiger partial charge in [0.1, 0.15) is 10.1 Å². The van der Waals surface area contributed by atoms with Crippen molar-refractivity contribution in [2.45, 2.75) is 12.8 Å². The van der Waals surface area contributed by atoms with Crippen molar-refractivity contribution in [2.75, 3.05) is 39.8 Å². The Morgan fingerprint density at radius 3 is 2.80 bits per heavy atom. The van der Waals surface area contributed by atoms with Gasteiger partial charge in [0.2, 0.25) is 5.91 Å². The van der Waals surface area contributed by atoms with E-state index in [0.717, 1.165) is 26.2 Å². The Kier molecular flexibility index (Phi) is 5.93. The maximum absolute atomic E-state index is 12.5. The van der Waals surface area contributed by atoms with Crippen LogP contribution in [-0.2, 0) is 9.59 Å². The van der Waals surface area contributed by atoms with E-state index in [0.29, 0.717) is 34.4 Å². The number of hydrogen-bond acceptors (Lipinski definition) is 6. The van der Waals surface area contributed by atoms with E-state index in [-0.39, 0.29) is 11.8 Å². The molecule has 0 aromatic carbocycles. The molecular formula is C17H21N3O3S2. The largest absolute Gasteiger partial charge is 0.465 e. The van der Waals surface area contributed by atoms with E-state index in [1.165, 1.54) is 11.8 Å². The van der Waals surface area contributed by atoms with Crippen LogP contribution in [0.3, 0.4) is 0 Å². The van der Waals surface area contributed by atoms with E-state index < -0.39 is 0 Å². The molecule has 2 aliphatic heterocycles. The van der Waals surface area contributed by atoms with Gasteiger partial charge in [-0.25, -0.2) is 0 Å². The average Bonchev–Trinajstić information content (AvgIpc) is 3.19. The maximum atomic E-state index is 12.5. The van der Waals surface area contributed by atoms with Crippen molar-refractivity contribution < 1.29 is 14.0 Å². The highest BCUT2D eigenvalue weighted by molar-refractivity contribution is 8.26. The number of thiocarbonyl (C=S) groups is 1. The minimum atomic E-state index is -0.113. The lowest BCUT2D eigenvalue weighted by atomic mass is 10.2. The maximum Gasteiger partial charge on any atom is 0.266 e. The van der Waals surface area contributed by atoms with Gasteiger partial charge < -0.3 is 14.2 Å². The molecule has 3 rings (SSSR count). The third-order valence-corrected chi connectivity index (χ3v) is 5.70. The van der Waals surface area contributed by atoms with Gasteiger partial charge in [0.25, 0.3) is 5.91 Å². The number of furan rings is 1. The van der Waals surface area contributed by atoms with Gasteiger partial charge in [0, 0.05) is 45.2 Å². The van der Waals surface area contributed by atoms with Gasteiger partial charge in [0.15, 0.2) is 0 Å². The lowest BCUT2D eigenvalue weighted by Gasteiger charge is -2.32. The molecule has 1 aromatic heterocycles. The first-order valence-corrected chi connectivity index (χ1v) is 9.52. The number of likely N-dealkylation sites (N-methyl/N-ethyl adjacent to an activating group) is 1. The van der Waals surface area contributed by atoms with Gasteiger partial charge in [-0.15, -0.1) is 0 Å². The SMILES string of the molecule is CN1CCN(C(=O)CCCN2C(=O)C(=Cc3ccco3)SC2=S)CC1. The first-order valence-electron chi connectivity index (χ1n) is 8.30. The summed E-state index contributed by atoms with van der Waals surface area (Å²) in [4.78, 5) is 31.0. The molecule has 0 N–H and O–H groups in total. The molecule has 0 bridgehead atoms.